The lowest BCUT2D eigenvalue weighted by atomic mass is 9.80. The van der Waals surface area contributed by atoms with Gasteiger partial charge in [0.05, 0.1) is 29.5 Å². The molecule has 0 saturated carbocycles. The molecular weight excluding hydrogens is 488 g/mol. The Morgan fingerprint density at radius 1 is 1.36 bits per heavy atom. The number of aliphatic hydroxyl groups excluding tert-OH is 1. The second-order valence-corrected chi connectivity index (χ2v) is 10.4. The number of rotatable bonds is 5. The molecule has 0 spiro atoms. The first-order valence-corrected chi connectivity index (χ1v) is 12.5. The number of hydrogen-bond acceptors (Lipinski definition) is 6. The Bertz CT molecular complexity index is 1010. The van der Waals surface area contributed by atoms with Gasteiger partial charge in [-0.05, 0) is 37.8 Å². The Labute approximate surface area is 202 Å². The van der Waals surface area contributed by atoms with Crippen LogP contribution in [0.15, 0.2) is 64.1 Å². The van der Waals surface area contributed by atoms with Gasteiger partial charge in [-0.25, -0.2) is 4.79 Å². The van der Waals surface area contributed by atoms with E-state index in [1.807, 2.05) is 12.2 Å². The van der Waals surface area contributed by atoms with Crippen molar-refractivity contribution in [1.82, 2.24) is 4.90 Å². The Hall–Kier alpha value is -2.32. The number of likely N-dealkylation sites (N-methyl/N-ethyl adjacent to an activating group) is 1. The van der Waals surface area contributed by atoms with Crippen molar-refractivity contribution in [1.29, 1.82) is 0 Å². The van der Waals surface area contributed by atoms with E-state index in [0.29, 0.717) is 30.9 Å². The van der Waals surface area contributed by atoms with Gasteiger partial charge in [0, 0.05) is 29.8 Å². The molecule has 3 aliphatic carbocycles. The summed E-state index contributed by atoms with van der Waals surface area (Å²) in [5, 5.41) is 20.4. The molecule has 0 radical (unpaired) electrons. The van der Waals surface area contributed by atoms with Gasteiger partial charge in [-0.2, -0.15) is 0 Å². The number of allylic oxidation sites excluding steroid dienone is 5. The van der Waals surface area contributed by atoms with Crippen molar-refractivity contribution in [2.75, 3.05) is 13.7 Å². The van der Waals surface area contributed by atoms with Crippen LogP contribution in [-0.4, -0.2) is 69.7 Å². The molecule has 0 aromatic rings. The number of carbonyl (C=O) groups is 1. The van der Waals surface area contributed by atoms with Crippen LogP contribution in [0.3, 0.4) is 0 Å². The Kier molecular flexibility index (Phi) is 6.22. The zero-order valence-corrected chi connectivity index (χ0v) is 20.1. The molecule has 0 aromatic carbocycles. The molecule has 0 fully saturated rings. The van der Waals surface area contributed by atoms with Gasteiger partial charge in [-0.3, -0.25) is 4.99 Å². The number of hydrogen-bond donors (Lipinski definition) is 2. The van der Waals surface area contributed by atoms with Gasteiger partial charge in [0.2, 0.25) is 0 Å². The lowest BCUT2D eigenvalue weighted by molar-refractivity contribution is -0.135. The number of fused-ring (bicyclic) bond motifs is 2. The second kappa shape index (κ2) is 9.14. The summed E-state index contributed by atoms with van der Waals surface area (Å²) in [7, 11) is 2.07. The topological polar surface area (TPSA) is 91.6 Å². The molecule has 0 amide bonds. The number of aliphatic hydroxyl groups is 1. The summed E-state index contributed by atoms with van der Waals surface area (Å²) in [6.07, 6.45) is 14.7. The minimum absolute atomic E-state index is 0.0946. The van der Waals surface area contributed by atoms with Crippen LogP contribution in [0.1, 0.15) is 32.1 Å². The molecule has 2 heterocycles. The van der Waals surface area contributed by atoms with Gasteiger partial charge in [0.25, 0.3) is 0 Å². The predicted molar refractivity (Wildman–Crippen MR) is 128 cm³/mol. The number of nitrogens with zero attached hydrogens (tertiary/aromatic N) is 2. The lowest BCUT2D eigenvalue weighted by Gasteiger charge is -2.39. The predicted octanol–water partition coefficient (Wildman–Crippen LogP) is 3.48. The zero-order valence-electron chi connectivity index (χ0n) is 18.6. The molecule has 2 N–H and O–H groups in total. The molecule has 5 aliphatic rings. The molecule has 33 heavy (non-hydrogen) atoms. The van der Waals surface area contributed by atoms with Crippen molar-refractivity contribution in [2.24, 2.45) is 10.9 Å². The quantitative estimate of drug-likeness (QED) is 0.429. The fraction of sp³-hybridized carbons (Fsp3) is 0.520. The molecule has 176 valence electrons. The highest BCUT2D eigenvalue weighted by Gasteiger charge is 2.43. The zero-order chi connectivity index (χ0) is 23.1. The standard InChI is InChI=1S/C25H29BrN2O5/c1-28-20-8-3-2-7-19(20)27-23(28)13-32-16-6-4-5-14(9-16)22-12-21(29)17-10-15(26)11-18(25(30)31)24(17)33-22/h3,5,8-9,11-12,15,17,19-21,24,29H,2,4,6-7,10,13H2,1H3,(H,30,31). The Morgan fingerprint density at radius 2 is 2.21 bits per heavy atom. The van der Waals surface area contributed by atoms with Crippen molar-refractivity contribution in [3.8, 4) is 0 Å². The summed E-state index contributed by atoms with van der Waals surface area (Å²) in [5.74, 6) is 0.996. The maximum Gasteiger partial charge on any atom is 0.335 e. The number of aliphatic imine (C=N–C) groups is 1. The summed E-state index contributed by atoms with van der Waals surface area (Å²) < 4.78 is 12.3. The number of aliphatic carboxylic acids is 1. The van der Waals surface area contributed by atoms with Gasteiger partial charge >= 0.3 is 5.97 Å². The molecule has 8 heteroatoms. The number of ether oxygens (including phenoxy) is 2. The minimum Gasteiger partial charge on any atom is -0.490 e. The first-order valence-electron chi connectivity index (χ1n) is 11.6. The van der Waals surface area contributed by atoms with Crippen molar-refractivity contribution >= 4 is 27.7 Å². The van der Waals surface area contributed by atoms with Gasteiger partial charge in [-0.15, -0.1) is 0 Å². The molecule has 6 atom stereocenters. The van der Waals surface area contributed by atoms with Gasteiger partial charge in [-0.1, -0.05) is 40.2 Å². The minimum atomic E-state index is -1.02. The van der Waals surface area contributed by atoms with Gasteiger partial charge in [0.1, 0.15) is 24.3 Å². The second-order valence-electron chi connectivity index (χ2n) is 9.22. The van der Waals surface area contributed by atoms with E-state index in [1.165, 1.54) is 0 Å². The van der Waals surface area contributed by atoms with Crippen LogP contribution in [0.5, 0.6) is 0 Å². The summed E-state index contributed by atoms with van der Waals surface area (Å²) >= 11 is 3.47. The highest BCUT2D eigenvalue weighted by Crippen LogP contribution is 2.40. The van der Waals surface area contributed by atoms with Crippen LogP contribution in [-0.2, 0) is 14.3 Å². The third kappa shape index (κ3) is 4.43. The smallest absolute Gasteiger partial charge is 0.335 e. The van der Waals surface area contributed by atoms with E-state index in [2.05, 4.69) is 40.0 Å². The first-order chi connectivity index (χ1) is 15.9. The molecule has 0 saturated heterocycles. The number of carboxylic acid groups (broad SMARTS) is 1. The molecule has 0 aromatic heterocycles. The Morgan fingerprint density at radius 3 is 3.00 bits per heavy atom. The summed E-state index contributed by atoms with van der Waals surface area (Å²) in [4.78, 5) is 18.8. The summed E-state index contributed by atoms with van der Waals surface area (Å²) in [6.45, 7) is 0.419. The Balaban J connectivity index is 1.28. The van der Waals surface area contributed by atoms with Crippen LogP contribution < -0.4 is 0 Å². The SMILES string of the molecule is CN1C(COC2=CC(C3=CC(O)C4CC(Br)C=C(C(=O)O)C4O3)=CCC2)=NC2CCC=CC21. The third-order valence-corrected chi connectivity index (χ3v) is 7.72. The highest BCUT2D eigenvalue weighted by molar-refractivity contribution is 9.09. The number of carboxylic acids is 1. The molecule has 0 bridgehead atoms. The number of alkyl halides is 1. The largest absolute Gasteiger partial charge is 0.490 e. The van der Waals surface area contributed by atoms with Crippen LogP contribution in [0.4, 0.5) is 0 Å². The van der Waals surface area contributed by atoms with E-state index < -0.39 is 18.2 Å². The van der Waals surface area contributed by atoms with Crippen LogP contribution in [0.25, 0.3) is 0 Å². The van der Waals surface area contributed by atoms with E-state index in [1.54, 1.807) is 12.2 Å². The van der Waals surface area contributed by atoms with E-state index in [4.69, 9.17) is 14.5 Å². The maximum atomic E-state index is 11.8. The lowest BCUT2D eigenvalue weighted by Crippen LogP contribution is -2.43. The van der Waals surface area contributed by atoms with Gasteiger partial charge in [0.15, 0.2) is 0 Å². The average Bonchev–Trinajstić information content (AvgIpc) is 3.13. The maximum absolute atomic E-state index is 11.8. The normalized spacial score (nSPS) is 35.2. The molecule has 2 aliphatic heterocycles. The number of halogens is 1. The fourth-order valence-electron chi connectivity index (χ4n) is 5.29. The van der Waals surface area contributed by atoms with Gasteiger partial charge < -0.3 is 24.6 Å². The van der Waals surface area contributed by atoms with Crippen LogP contribution >= 0.6 is 15.9 Å². The summed E-state index contributed by atoms with van der Waals surface area (Å²) in [6, 6.07) is 0.644. The monoisotopic (exact) mass is 516 g/mol. The van der Waals surface area contributed by atoms with E-state index in [-0.39, 0.29) is 16.3 Å². The molecule has 7 nitrogen and oxygen atoms in total. The van der Waals surface area contributed by atoms with Crippen molar-refractivity contribution in [2.45, 2.75) is 61.2 Å². The number of amidine groups is 1. The molecular formula is C25H29BrN2O5. The van der Waals surface area contributed by atoms with Crippen molar-refractivity contribution < 1.29 is 24.5 Å². The van der Waals surface area contributed by atoms with E-state index >= 15 is 0 Å². The highest BCUT2D eigenvalue weighted by atomic mass is 79.9. The summed E-state index contributed by atoms with van der Waals surface area (Å²) in [5.41, 5.74) is 1.00. The fourth-order valence-corrected chi connectivity index (χ4v) is 6.01. The van der Waals surface area contributed by atoms with E-state index in [9.17, 15) is 15.0 Å². The average molecular weight is 517 g/mol. The van der Waals surface area contributed by atoms with Crippen molar-refractivity contribution in [3.63, 3.8) is 0 Å². The van der Waals surface area contributed by atoms with Crippen LogP contribution in [0, 0.1) is 5.92 Å². The van der Waals surface area contributed by atoms with Crippen LogP contribution in [0.2, 0.25) is 0 Å². The third-order valence-electron chi connectivity index (χ3n) is 7.08. The first kappa shape index (κ1) is 22.5. The molecule has 6 unspecified atom stereocenters. The van der Waals surface area contributed by atoms with Crippen molar-refractivity contribution in [3.05, 3.63) is 59.1 Å². The van der Waals surface area contributed by atoms with E-state index in [0.717, 1.165) is 42.9 Å². The molecule has 5 rings (SSSR count).